The van der Waals surface area contributed by atoms with E-state index in [4.69, 9.17) is 0 Å². The second kappa shape index (κ2) is 5.93. The van der Waals surface area contributed by atoms with Crippen LogP contribution in [0.3, 0.4) is 0 Å². The summed E-state index contributed by atoms with van der Waals surface area (Å²) in [6.45, 7) is 1.85. The summed E-state index contributed by atoms with van der Waals surface area (Å²) in [6, 6.07) is 7.30. The lowest BCUT2D eigenvalue weighted by Crippen LogP contribution is -2.44. The van der Waals surface area contributed by atoms with Gasteiger partial charge in [-0.3, -0.25) is 0 Å². The number of anilines is 1. The van der Waals surface area contributed by atoms with Crippen LogP contribution in [-0.4, -0.2) is 45.1 Å². The van der Waals surface area contributed by atoms with E-state index in [9.17, 15) is 12.8 Å². The van der Waals surface area contributed by atoms with Crippen molar-refractivity contribution in [1.82, 2.24) is 5.32 Å². The molecule has 2 saturated heterocycles. The van der Waals surface area contributed by atoms with Gasteiger partial charge in [0.2, 0.25) is 0 Å². The monoisotopic (exact) mass is 312 g/mol. The first kappa shape index (κ1) is 14.8. The second-order valence-corrected chi connectivity index (χ2v) is 8.30. The molecule has 2 aliphatic heterocycles. The fourth-order valence-electron chi connectivity index (χ4n) is 3.17. The number of nitrogens with one attached hydrogen (secondary N) is 1. The van der Waals surface area contributed by atoms with Crippen molar-refractivity contribution in [3.8, 4) is 0 Å². The van der Waals surface area contributed by atoms with Gasteiger partial charge in [-0.05, 0) is 43.5 Å². The van der Waals surface area contributed by atoms with Gasteiger partial charge < -0.3 is 10.2 Å². The minimum Gasteiger partial charge on any atom is -0.370 e. The Labute approximate surface area is 125 Å². The zero-order valence-electron chi connectivity index (χ0n) is 12.0. The predicted octanol–water partition coefficient (Wildman–Crippen LogP) is 1.57. The summed E-state index contributed by atoms with van der Waals surface area (Å²) >= 11 is 0. The van der Waals surface area contributed by atoms with Crippen LogP contribution in [0.1, 0.15) is 19.3 Å². The van der Waals surface area contributed by atoms with Gasteiger partial charge in [-0.25, -0.2) is 12.8 Å². The minimum atomic E-state index is -2.79. The molecule has 4 nitrogen and oxygen atoms in total. The molecule has 0 bridgehead atoms. The summed E-state index contributed by atoms with van der Waals surface area (Å²) in [4.78, 5) is 2.25. The Morgan fingerprint density at radius 2 is 1.71 bits per heavy atom. The number of benzene rings is 1. The molecule has 0 aromatic heterocycles. The Bertz CT molecular complexity index is 574. The van der Waals surface area contributed by atoms with Gasteiger partial charge in [0.1, 0.15) is 15.7 Å². The number of hydrogen-bond donors (Lipinski definition) is 1. The summed E-state index contributed by atoms with van der Waals surface area (Å²) in [5.41, 5.74) is 1.05. The van der Waals surface area contributed by atoms with Crippen LogP contribution in [0.25, 0.3) is 0 Å². The van der Waals surface area contributed by atoms with Crippen molar-refractivity contribution in [2.45, 2.75) is 31.3 Å². The van der Waals surface area contributed by atoms with Gasteiger partial charge in [0.05, 0.1) is 11.5 Å². The van der Waals surface area contributed by atoms with E-state index in [1.807, 2.05) is 12.1 Å². The molecule has 0 spiro atoms. The number of nitrogens with zero attached hydrogens (tertiary/aromatic N) is 1. The van der Waals surface area contributed by atoms with E-state index in [1.165, 1.54) is 12.1 Å². The molecule has 1 aromatic carbocycles. The largest absolute Gasteiger partial charge is 0.370 e. The smallest absolute Gasteiger partial charge is 0.150 e. The Kier molecular flexibility index (Phi) is 4.17. The molecule has 0 unspecified atom stereocenters. The molecule has 116 valence electrons. The highest BCUT2D eigenvalue weighted by molar-refractivity contribution is 7.91. The van der Waals surface area contributed by atoms with Crippen molar-refractivity contribution < 1.29 is 12.8 Å². The highest BCUT2D eigenvalue weighted by Gasteiger charge is 2.28. The Balaban J connectivity index is 1.52. The first-order valence-electron chi connectivity index (χ1n) is 7.49. The maximum Gasteiger partial charge on any atom is 0.150 e. The van der Waals surface area contributed by atoms with Crippen molar-refractivity contribution in [2.24, 2.45) is 0 Å². The molecule has 1 aromatic rings. The summed E-state index contributed by atoms with van der Waals surface area (Å²) < 4.78 is 35.8. The number of sulfone groups is 1. The molecule has 0 radical (unpaired) electrons. The molecule has 3 rings (SSSR count). The van der Waals surface area contributed by atoms with Gasteiger partial charge in [-0.2, -0.15) is 0 Å². The Hall–Kier alpha value is -1.14. The lowest BCUT2D eigenvalue weighted by Gasteiger charge is -2.27. The van der Waals surface area contributed by atoms with Gasteiger partial charge in [0.25, 0.3) is 0 Å². The third-order valence-corrected chi connectivity index (χ3v) is 6.12. The molecule has 0 aliphatic carbocycles. The summed E-state index contributed by atoms with van der Waals surface area (Å²) in [5.74, 6) is 0.397. The first-order valence-corrected chi connectivity index (χ1v) is 9.31. The van der Waals surface area contributed by atoms with Gasteiger partial charge in [-0.15, -0.1) is 0 Å². The molecule has 0 saturated carbocycles. The van der Waals surface area contributed by atoms with Crippen molar-refractivity contribution in [3.63, 3.8) is 0 Å². The van der Waals surface area contributed by atoms with Crippen molar-refractivity contribution in [1.29, 1.82) is 0 Å². The first-order chi connectivity index (χ1) is 10.0. The van der Waals surface area contributed by atoms with Gasteiger partial charge >= 0.3 is 0 Å². The summed E-state index contributed by atoms with van der Waals surface area (Å²) in [7, 11) is -2.79. The molecule has 1 N–H and O–H groups in total. The minimum absolute atomic E-state index is 0.212. The van der Waals surface area contributed by atoms with Crippen molar-refractivity contribution in [2.75, 3.05) is 29.5 Å². The van der Waals surface area contributed by atoms with E-state index in [0.717, 1.165) is 38.0 Å². The lowest BCUT2D eigenvalue weighted by molar-refractivity contribution is 0.414. The van der Waals surface area contributed by atoms with Crippen LogP contribution in [0.2, 0.25) is 0 Å². The topological polar surface area (TPSA) is 49.4 Å². The van der Waals surface area contributed by atoms with Crippen LogP contribution in [0, 0.1) is 5.82 Å². The highest BCUT2D eigenvalue weighted by Crippen LogP contribution is 2.22. The van der Waals surface area contributed by atoms with Crippen LogP contribution >= 0.6 is 0 Å². The molecular formula is C15H21FN2O2S. The van der Waals surface area contributed by atoms with Crippen LogP contribution in [0.5, 0.6) is 0 Å². The van der Waals surface area contributed by atoms with E-state index in [0.29, 0.717) is 23.6 Å². The quantitative estimate of drug-likeness (QED) is 0.920. The Morgan fingerprint density at radius 3 is 2.38 bits per heavy atom. The SMILES string of the molecule is O=S1(=O)CCC(N[C@H]2CCN(c3ccc(F)cc3)C2)CC1. The number of halogens is 1. The molecule has 2 heterocycles. The van der Waals surface area contributed by atoms with E-state index >= 15 is 0 Å². The highest BCUT2D eigenvalue weighted by atomic mass is 32.2. The van der Waals surface area contributed by atoms with E-state index < -0.39 is 9.84 Å². The third kappa shape index (κ3) is 3.74. The zero-order chi connectivity index (χ0) is 14.9. The Morgan fingerprint density at radius 1 is 1.05 bits per heavy atom. The predicted molar refractivity (Wildman–Crippen MR) is 81.8 cm³/mol. The average Bonchev–Trinajstić information content (AvgIpc) is 2.91. The van der Waals surface area contributed by atoms with Gasteiger partial charge in [0.15, 0.2) is 0 Å². The number of hydrogen-bond acceptors (Lipinski definition) is 4. The summed E-state index contributed by atoms with van der Waals surface area (Å²) in [5, 5.41) is 3.59. The van der Waals surface area contributed by atoms with Crippen LogP contribution in [0.4, 0.5) is 10.1 Å². The van der Waals surface area contributed by atoms with E-state index in [-0.39, 0.29) is 5.82 Å². The van der Waals surface area contributed by atoms with Crippen LogP contribution < -0.4 is 10.2 Å². The molecule has 6 heteroatoms. The van der Waals surface area contributed by atoms with Crippen LogP contribution in [-0.2, 0) is 9.84 Å². The maximum absolute atomic E-state index is 12.9. The second-order valence-electron chi connectivity index (χ2n) is 6.00. The fourth-order valence-corrected chi connectivity index (χ4v) is 4.66. The molecule has 2 aliphatic rings. The summed E-state index contributed by atoms with van der Waals surface area (Å²) in [6.07, 6.45) is 2.48. The van der Waals surface area contributed by atoms with Gasteiger partial charge in [-0.1, -0.05) is 0 Å². The fraction of sp³-hybridized carbons (Fsp3) is 0.600. The zero-order valence-corrected chi connectivity index (χ0v) is 12.8. The molecule has 2 fully saturated rings. The average molecular weight is 312 g/mol. The van der Waals surface area contributed by atoms with E-state index in [2.05, 4.69) is 10.2 Å². The normalized spacial score (nSPS) is 26.1. The third-order valence-electron chi connectivity index (χ3n) is 4.41. The maximum atomic E-state index is 12.9. The van der Waals surface area contributed by atoms with Crippen molar-refractivity contribution >= 4 is 15.5 Å². The van der Waals surface area contributed by atoms with Crippen molar-refractivity contribution in [3.05, 3.63) is 30.1 Å². The molecule has 21 heavy (non-hydrogen) atoms. The van der Waals surface area contributed by atoms with Gasteiger partial charge in [0, 0.05) is 30.9 Å². The lowest BCUT2D eigenvalue weighted by atomic mass is 10.1. The molecular weight excluding hydrogens is 291 g/mol. The van der Waals surface area contributed by atoms with Crippen LogP contribution in [0.15, 0.2) is 24.3 Å². The molecule has 1 atom stereocenters. The molecule has 0 amide bonds. The number of rotatable bonds is 3. The standard InChI is InChI=1S/C15H21FN2O2S/c16-12-1-3-15(4-2-12)18-8-5-14(11-18)17-13-6-9-21(19,20)10-7-13/h1-4,13-14,17H,5-11H2/t14-/m0/s1. The van der Waals surface area contributed by atoms with E-state index in [1.54, 1.807) is 0 Å².